The zero-order valence-electron chi connectivity index (χ0n) is 18.3. The van der Waals surface area contributed by atoms with Crippen LogP contribution in [0.5, 0.6) is 11.5 Å². The molecule has 34 heavy (non-hydrogen) atoms. The molecule has 0 N–H and O–H groups in total. The summed E-state index contributed by atoms with van der Waals surface area (Å²) >= 11 is 0. The SMILES string of the molecule is COc1ccc2c(-c3cc4ccc(OCC=Cc5ccccc5)cc4oc3=O)cc(=O)oc2c1. The first-order valence-corrected chi connectivity index (χ1v) is 10.7. The molecule has 3 aromatic carbocycles. The van der Waals surface area contributed by atoms with Crippen LogP contribution >= 0.6 is 0 Å². The van der Waals surface area contributed by atoms with Gasteiger partial charge in [0.15, 0.2) is 0 Å². The fourth-order valence-corrected chi connectivity index (χ4v) is 3.75. The lowest BCUT2D eigenvalue weighted by atomic mass is 10.0. The molecule has 0 bridgehead atoms. The Balaban J connectivity index is 1.46. The predicted molar refractivity (Wildman–Crippen MR) is 131 cm³/mol. The Morgan fingerprint density at radius 2 is 1.59 bits per heavy atom. The average Bonchev–Trinajstić information content (AvgIpc) is 2.86. The van der Waals surface area contributed by atoms with Crippen LogP contribution in [-0.4, -0.2) is 13.7 Å². The molecule has 0 aliphatic carbocycles. The molecular formula is C28H20O6. The Hall–Kier alpha value is -4.58. The second-order valence-corrected chi connectivity index (χ2v) is 7.61. The maximum absolute atomic E-state index is 12.9. The summed E-state index contributed by atoms with van der Waals surface area (Å²) < 4.78 is 21.9. The highest BCUT2D eigenvalue weighted by Crippen LogP contribution is 2.30. The van der Waals surface area contributed by atoms with E-state index in [2.05, 4.69) is 0 Å². The Morgan fingerprint density at radius 1 is 0.794 bits per heavy atom. The Kier molecular flexibility index (Phi) is 5.70. The number of hydrogen-bond donors (Lipinski definition) is 0. The fraction of sp³-hybridized carbons (Fsp3) is 0.0714. The quantitative estimate of drug-likeness (QED) is 0.309. The molecule has 2 aromatic heterocycles. The molecule has 0 aliphatic rings. The summed E-state index contributed by atoms with van der Waals surface area (Å²) in [6.45, 7) is 0.373. The fourth-order valence-electron chi connectivity index (χ4n) is 3.75. The van der Waals surface area contributed by atoms with Crippen molar-refractivity contribution in [1.29, 1.82) is 0 Å². The van der Waals surface area contributed by atoms with Crippen molar-refractivity contribution in [2.45, 2.75) is 0 Å². The molecule has 5 rings (SSSR count). The summed E-state index contributed by atoms with van der Waals surface area (Å²) in [4.78, 5) is 25.0. The maximum atomic E-state index is 12.9. The molecule has 0 saturated carbocycles. The Morgan fingerprint density at radius 3 is 2.41 bits per heavy atom. The number of ether oxygens (including phenoxy) is 2. The minimum atomic E-state index is -0.567. The van der Waals surface area contributed by atoms with Gasteiger partial charge in [0, 0.05) is 34.5 Å². The number of hydrogen-bond acceptors (Lipinski definition) is 6. The van der Waals surface area contributed by atoms with Crippen LogP contribution in [-0.2, 0) is 0 Å². The van der Waals surface area contributed by atoms with Crippen LogP contribution < -0.4 is 20.7 Å². The molecule has 0 aliphatic heterocycles. The van der Waals surface area contributed by atoms with Gasteiger partial charge in [-0.15, -0.1) is 0 Å². The second-order valence-electron chi connectivity index (χ2n) is 7.61. The maximum Gasteiger partial charge on any atom is 0.344 e. The summed E-state index contributed by atoms with van der Waals surface area (Å²) in [6, 6.07) is 23.3. The van der Waals surface area contributed by atoms with Gasteiger partial charge in [0.1, 0.15) is 29.3 Å². The van der Waals surface area contributed by atoms with Crippen LogP contribution in [0.2, 0.25) is 0 Å². The highest BCUT2D eigenvalue weighted by Gasteiger charge is 2.14. The van der Waals surface area contributed by atoms with Crippen LogP contribution in [0.4, 0.5) is 0 Å². The van der Waals surface area contributed by atoms with Crippen LogP contribution in [0.1, 0.15) is 5.56 Å². The summed E-state index contributed by atoms with van der Waals surface area (Å²) in [5.74, 6) is 1.13. The van der Waals surface area contributed by atoms with Crippen LogP contribution in [0.3, 0.4) is 0 Å². The normalized spacial score (nSPS) is 11.3. The monoisotopic (exact) mass is 452 g/mol. The Labute approximate surface area is 194 Å². The first-order chi connectivity index (χ1) is 16.6. The molecule has 0 atom stereocenters. The van der Waals surface area contributed by atoms with E-state index in [1.54, 1.807) is 30.3 Å². The van der Waals surface area contributed by atoms with Gasteiger partial charge in [-0.05, 0) is 42.0 Å². The van der Waals surface area contributed by atoms with E-state index >= 15 is 0 Å². The number of benzene rings is 3. The predicted octanol–water partition coefficient (Wildman–Crippen LogP) is 5.67. The molecule has 0 fully saturated rings. The molecular weight excluding hydrogens is 432 g/mol. The molecule has 6 nitrogen and oxygen atoms in total. The highest BCUT2D eigenvalue weighted by atomic mass is 16.5. The van der Waals surface area contributed by atoms with E-state index in [9.17, 15) is 9.59 Å². The van der Waals surface area contributed by atoms with Crippen molar-refractivity contribution >= 4 is 28.0 Å². The van der Waals surface area contributed by atoms with E-state index in [0.29, 0.717) is 45.6 Å². The summed E-state index contributed by atoms with van der Waals surface area (Å²) in [7, 11) is 1.53. The summed E-state index contributed by atoms with van der Waals surface area (Å²) in [6.07, 6.45) is 3.89. The van der Waals surface area contributed by atoms with Crippen molar-refractivity contribution in [3.63, 3.8) is 0 Å². The van der Waals surface area contributed by atoms with E-state index in [0.717, 1.165) is 5.56 Å². The lowest BCUT2D eigenvalue weighted by Gasteiger charge is -2.08. The van der Waals surface area contributed by atoms with Crippen molar-refractivity contribution in [1.82, 2.24) is 0 Å². The molecule has 2 heterocycles. The van der Waals surface area contributed by atoms with Gasteiger partial charge in [0.05, 0.1) is 12.7 Å². The zero-order valence-corrected chi connectivity index (χ0v) is 18.3. The zero-order chi connectivity index (χ0) is 23.5. The van der Waals surface area contributed by atoms with Crippen molar-refractivity contribution in [2.24, 2.45) is 0 Å². The first kappa shape index (κ1) is 21.3. The second kappa shape index (κ2) is 9.11. The van der Waals surface area contributed by atoms with E-state index in [4.69, 9.17) is 18.3 Å². The third-order valence-corrected chi connectivity index (χ3v) is 5.41. The molecule has 5 aromatic rings. The van der Waals surface area contributed by atoms with E-state index in [1.807, 2.05) is 54.6 Å². The standard InChI is InChI=1S/C28H20O6/c1-31-20-11-12-22-23(17-27(29)33-26(22)15-20)24-14-19-9-10-21(16-25(19)34-28(24)30)32-13-5-8-18-6-3-2-4-7-18/h2-12,14-17H,13H2,1H3. The molecule has 0 unspecified atom stereocenters. The minimum absolute atomic E-state index is 0.273. The van der Waals surface area contributed by atoms with Crippen molar-refractivity contribution < 1.29 is 18.3 Å². The molecule has 0 radical (unpaired) electrons. The number of methoxy groups -OCH3 is 1. The molecule has 0 amide bonds. The van der Waals surface area contributed by atoms with Crippen molar-refractivity contribution in [2.75, 3.05) is 13.7 Å². The molecule has 0 saturated heterocycles. The average molecular weight is 452 g/mol. The van der Waals surface area contributed by atoms with Gasteiger partial charge in [-0.25, -0.2) is 9.59 Å². The first-order valence-electron chi connectivity index (χ1n) is 10.7. The van der Waals surface area contributed by atoms with Gasteiger partial charge in [-0.3, -0.25) is 0 Å². The van der Waals surface area contributed by atoms with E-state index < -0.39 is 11.3 Å². The van der Waals surface area contributed by atoms with Crippen LogP contribution in [0.25, 0.3) is 39.1 Å². The topological polar surface area (TPSA) is 78.9 Å². The van der Waals surface area contributed by atoms with E-state index in [-0.39, 0.29) is 5.56 Å². The summed E-state index contributed by atoms with van der Waals surface area (Å²) in [5.41, 5.74) is 1.40. The molecule has 168 valence electrons. The smallest absolute Gasteiger partial charge is 0.344 e. The van der Waals surface area contributed by atoms with Gasteiger partial charge < -0.3 is 18.3 Å². The molecule has 0 spiro atoms. The lowest BCUT2D eigenvalue weighted by Crippen LogP contribution is -2.06. The lowest BCUT2D eigenvalue weighted by molar-refractivity contribution is 0.363. The van der Waals surface area contributed by atoms with Gasteiger partial charge in [0.2, 0.25) is 0 Å². The largest absolute Gasteiger partial charge is 0.497 e. The Bertz CT molecular complexity index is 1630. The highest BCUT2D eigenvalue weighted by molar-refractivity contribution is 5.95. The van der Waals surface area contributed by atoms with Crippen LogP contribution in [0.15, 0.2) is 103 Å². The number of fused-ring (bicyclic) bond motifs is 2. The van der Waals surface area contributed by atoms with Gasteiger partial charge in [0.25, 0.3) is 0 Å². The van der Waals surface area contributed by atoms with E-state index in [1.165, 1.54) is 13.2 Å². The van der Waals surface area contributed by atoms with Gasteiger partial charge >= 0.3 is 11.3 Å². The number of rotatable bonds is 6. The summed E-state index contributed by atoms with van der Waals surface area (Å²) in [5, 5.41) is 1.31. The third kappa shape index (κ3) is 4.34. The minimum Gasteiger partial charge on any atom is -0.497 e. The van der Waals surface area contributed by atoms with Crippen molar-refractivity contribution in [3.8, 4) is 22.6 Å². The third-order valence-electron chi connectivity index (χ3n) is 5.41. The van der Waals surface area contributed by atoms with Gasteiger partial charge in [-0.2, -0.15) is 0 Å². The van der Waals surface area contributed by atoms with Crippen LogP contribution in [0, 0.1) is 0 Å². The van der Waals surface area contributed by atoms with Crippen molar-refractivity contribution in [3.05, 3.63) is 111 Å². The molecule has 6 heteroatoms. The van der Waals surface area contributed by atoms with Gasteiger partial charge in [-0.1, -0.05) is 36.4 Å².